The molecule has 0 aromatic heterocycles. The van der Waals surface area contributed by atoms with Crippen LogP contribution < -0.4 is 11.1 Å². The molecule has 1 aliphatic rings. The van der Waals surface area contributed by atoms with Crippen LogP contribution in [-0.4, -0.2) is 51.6 Å². The van der Waals surface area contributed by atoms with Gasteiger partial charge in [-0.25, -0.2) is 8.42 Å². The number of amides is 1. The molecule has 0 aromatic rings. The molecule has 0 saturated carbocycles. The van der Waals surface area contributed by atoms with Crippen molar-refractivity contribution in [1.29, 1.82) is 0 Å². The largest absolute Gasteiger partial charge is 0.379 e. The highest BCUT2D eigenvalue weighted by atomic mass is 32.2. The fourth-order valence-electron chi connectivity index (χ4n) is 1.45. The Balaban J connectivity index is 2.30. The van der Waals surface area contributed by atoms with Crippen molar-refractivity contribution >= 4 is 15.7 Å². The minimum atomic E-state index is -3.03. The molecule has 16 heavy (non-hydrogen) atoms. The number of nitrogens with one attached hydrogen (secondary N) is 1. The van der Waals surface area contributed by atoms with Crippen LogP contribution in [0.3, 0.4) is 0 Å². The van der Waals surface area contributed by atoms with Gasteiger partial charge in [-0.3, -0.25) is 4.79 Å². The van der Waals surface area contributed by atoms with Crippen LogP contribution in [0.25, 0.3) is 0 Å². The lowest BCUT2D eigenvalue weighted by atomic mass is 10.0. The summed E-state index contributed by atoms with van der Waals surface area (Å²) in [7, 11) is -3.03. The van der Waals surface area contributed by atoms with Crippen LogP contribution in [0.1, 0.15) is 6.92 Å². The molecule has 2 atom stereocenters. The molecule has 1 fully saturated rings. The van der Waals surface area contributed by atoms with Gasteiger partial charge in [-0.2, -0.15) is 0 Å². The highest BCUT2D eigenvalue weighted by Crippen LogP contribution is 2.11. The molecule has 0 radical (unpaired) electrons. The number of carbonyl (C=O) groups is 1. The van der Waals surface area contributed by atoms with Crippen LogP contribution in [0.4, 0.5) is 0 Å². The Morgan fingerprint density at radius 2 is 2.19 bits per heavy atom. The molecule has 3 N–H and O–H groups in total. The van der Waals surface area contributed by atoms with Gasteiger partial charge in [-0.15, -0.1) is 0 Å². The number of carbonyl (C=O) groups excluding carboxylic acids is 1. The van der Waals surface area contributed by atoms with Gasteiger partial charge < -0.3 is 15.8 Å². The fraction of sp³-hybridized carbons (Fsp3) is 0.889. The van der Waals surface area contributed by atoms with Crippen LogP contribution in [-0.2, 0) is 19.4 Å². The number of hydrogen-bond acceptors (Lipinski definition) is 5. The number of ether oxygens (including phenoxy) is 1. The molecule has 1 rings (SSSR count). The lowest BCUT2D eigenvalue weighted by molar-refractivity contribution is -0.125. The minimum Gasteiger partial charge on any atom is -0.379 e. The Hall–Kier alpha value is -0.660. The summed E-state index contributed by atoms with van der Waals surface area (Å²) in [4.78, 5) is 11.6. The highest BCUT2D eigenvalue weighted by Gasteiger charge is 2.31. The van der Waals surface area contributed by atoms with Crippen molar-refractivity contribution < 1.29 is 17.9 Å². The van der Waals surface area contributed by atoms with E-state index in [9.17, 15) is 13.2 Å². The van der Waals surface area contributed by atoms with Crippen LogP contribution in [0.2, 0.25) is 0 Å². The third-order valence-electron chi connectivity index (χ3n) is 2.61. The van der Waals surface area contributed by atoms with Gasteiger partial charge in [0.05, 0.1) is 24.9 Å². The molecular formula is C9H18N2O4S. The predicted molar refractivity (Wildman–Crippen MR) is 59.6 cm³/mol. The maximum Gasteiger partial charge on any atom is 0.227 e. The Labute approximate surface area is 95.4 Å². The summed E-state index contributed by atoms with van der Waals surface area (Å²) < 4.78 is 27.4. The maximum atomic E-state index is 11.6. The zero-order valence-electron chi connectivity index (χ0n) is 9.31. The molecule has 1 heterocycles. The Kier molecular flexibility index (Phi) is 4.69. The lowest BCUT2D eigenvalue weighted by Crippen LogP contribution is -2.42. The molecule has 6 nitrogen and oxygen atoms in total. The summed E-state index contributed by atoms with van der Waals surface area (Å²) in [6.07, 6.45) is 0. The van der Waals surface area contributed by atoms with Gasteiger partial charge in [0.2, 0.25) is 5.91 Å². The van der Waals surface area contributed by atoms with Crippen molar-refractivity contribution in [1.82, 2.24) is 5.32 Å². The van der Waals surface area contributed by atoms with Crippen molar-refractivity contribution in [2.45, 2.75) is 13.0 Å². The monoisotopic (exact) mass is 250 g/mol. The van der Waals surface area contributed by atoms with Gasteiger partial charge in [-0.05, 0) is 0 Å². The second-order valence-corrected chi connectivity index (χ2v) is 6.31. The van der Waals surface area contributed by atoms with Gasteiger partial charge in [-0.1, -0.05) is 6.92 Å². The summed E-state index contributed by atoms with van der Waals surface area (Å²) in [5.41, 5.74) is 5.66. The van der Waals surface area contributed by atoms with E-state index in [-0.39, 0.29) is 35.9 Å². The summed E-state index contributed by atoms with van der Waals surface area (Å²) >= 11 is 0. The van der Waals surface area contributed by atoms with Crippen LogP contribution in [0.5, 0.6) is 0 Å². The van der Waals surface area contributed by atoms with Crippen LogP contribution >= 0.6 is 0 Å². The van der Waals surface area contributed by atoms with Crippen LogP contribution in [0, 0.1) is 5.92 Å². The van der Waals surface area contributed by atoms with Gasteiger partial charge >= 0.3 is 0 Å². The van der Waals surface area contributed by atoms with E-state index < -0.39 is 9.84 Å². The van der Waals surface area contributed by atoms with E-state index in [0.717, 1.165) is 0 Å². The van der Waals surface area contributed by atoms with E-state index in [1.54, 1.807) is 6.92 Å². The first kappa shape index (κ1) is 13.4. The molecule has 1 aliphatic heterocycles. The summed E-state index contributed by atoms with van der Waals surface area (Å²) in [6.45, 7) is 2.41. The topological polar surface area (TPSA) is 98.5 Å². The number of nitrogens with two attached hydrogens (primary N) is 1. The van der Waals surface area contributed by atoms with E-state index in [2.05, 4.69) is 5.32 Å². The van der Waals surface area contributed by atoms with Gasteiger partial charge in [0.25, 0.3) is 0 Å². The van der Waals surface area contributed by atoms with Crippen molar-refractivity contribution in [2.75, 3.05) is 31.3 Å². The number of sulfone groups is 1. The normalized spacial score (nSPS) is 25.6. The van der Waals surface area contributed by atoms with Crippen molar-refractivity contribution in [3.05, 3.63) is 0 Å². The van der Waals surface area contributed by atoms with Gasteiger partial charge in [0, 0.05) is 18.3 Å². The number of hydrogen-bond donors (Lipinski definition) is 2. The smallest absolute Gasteiger partial charge is 0.227 e. The predicted octanol–water partition coefficient (Wildman–Crippen LogP) is -1.49. The summed E-state index contributed by atoms with van der Waals surface area (Å²) in [6, 6.07) is -0.289. The lowest BCUT2D eigenvalue weighted by Gasteiger charge is -2.13. The van der Waals surface area contributed by atoms with Gasteiger partial charge in [0.15, 0.2) is 9.84 Å². The second kappa shape index (κ2) is 5.60. The molecule has 7 heteroatoms. The quantitative estimate of drug-likeness (QED) is 0.619. The van der Waals surface area contributed by atoms with E-state index in [4.69, 9.17) is 10.5 Å². The van der Waals surface area contributed by atoms with Crippen molar-refractivity contribution in [3.8, 4) is 0 Å². The molecule has 1 saturated heterocycles. The van der Waals surface area contributed by atoms with E-state index in [1.165, 1.54) is 0 Å². The minimum absolute atomic E-state index is 0.0297. The molecule has 1 amide bonds. The number of rotatable bonds is 5. The van der Waals surface area contributed by atoms with Crippen LogP contribution in [0.15, 0.2) is 0 Å². The Morgan fingerprint density at radius 1 is 1.50 bits per heavy atom. The van der Waals surface area contributed by atoms with Crippen molar-refractivity contribution in [2.24, 2.45) is 11.7 Å². The first-order valence-electron chi connectivity index (χ1n) is 5.27. The standard InChI is InChI=1S/C9H18N2O4S/c1-2-16(13,14)4-3-11-9(12)7-5-15-6-8(7)10/h7-8H,2-6,10H2,1H3,(H,11,12). The van der Waals surface area contributed by atoms with Gasteiger partial charge in [0.1, 0.15) is 0 Å². The van der Waals surface area contributed by atoms with E-state index >= 15 is 0 Å². The van der Waals surface area contributed by atoms with E-state index in [1.807, 2.05) is 0 Å². The zero-order chi connectivity index (χ0) is 12.2. The molecule has 2 unspecified atom stereocenters. The highest BCUT2D eigenvalue weighted by molar-refractivity contribution is 7.91. The first-order valence-corrected chi connectivity index (χ1v) is 7.10. The first-order chi connectivity index (χ1) is 7.46. The fourth-order valence-corrected chi connectivity index (χ4v) is 2.15. The van der Waals surface area contributed by atoms with E-state index in [0.29, 0.717) is 13.2 Å². The molecule has 0 aromatic carbocycles. The molecular weight excluding hydrogens is 232 g/mol. The average molecular weight is 250 g/mol. The molecule has 94 valence electrons. The molecule has 0 spiro atoms. The third kappa shape index (κ3) is 3.73. The Bertz CT molecular complexity index is 341. The average Bonchev–Trinajstić information content (AvgIpc) is 2.64. The zero-order valence-corrected chi connectivity index (χ0v) is 10.1. The maximum absolute atomic E-state index is 11.6. The second-order valence-electron chi connectivity index (χ2n) is 3.84. The summed E-state index contributed by atoms with van der Waals surface area (Å²) in [5.74, 6) is -0.520. The summed E-state index contributed by atoms with van der Waals surface area (Å²) in [5, 5.41) is 2.57. The molecule has 0 bridgehead atoms. The molecule has 0 aliphatic carbocycles. The Morgan fingerprint density at radius 3 is 2.69 bits per heavy atom. The van der Waals surface area contributed by atoms with Crippen molar-refractivity contribution in [3.63, 3.8) is 0 Å². The SMILES string of the molecule is CCS(=O)(=O)CCNC(=O)C1COCC1N. The third-order valence-corrected chi connectivity index (χ3v) is 4.32.